The van der Waals surface area contributed by atoms with E-state index in [0.29, 0.717) is 11.8 Å². The fourth-order valence-electron chi connectivity index (χ4n) is 1.45. The van der Waals surface area contributed by atoms with Crippen LogP contribution < -0.4 is 15.1 Å². The molecule has 0 aliphatic heterocycles. The first-order chi connectivity index (χ1) is 10.3. The molecular weight excluding hydrogens is 330 g/mol. The van der Waals surface area contributed by atoms with Crippen LogP contribution in [0.15, 0.2) is 15.6 Å². The van der Waals surface area contributed by atoms with Crippen molar-refractivity contribution < 1.29 is 36.7 Å². The van der Waals surface area contributed by atoms with Crippen molar-refractivity contribution in [1.29, 1.82) is 0 Å². The Labute approximate surface area is 124 Å². The van der Waals surface area contributed by atoms with Gasteiger partial charge in [-0.05, 0) is 11.8 Å². The molecule has 0 bridgehead atoms. The van der Waals surface area contributed by atoms with Crippen LogP contribution in [-0.4, -0.2) is 16.9 Å². The number of nitrogens with zero attached hydrogens (tertiary/aromatic N) is 2. The van der Waals surface area contributed by atoms with Gasteiger partial charge in [-0.3, -0.25) is 4.79 Å². The van der Waals surface area contributed by atoms with Crippen molar-refractivity contribution in [3.8, 4) is 5.95 Å². The highest BCUT2D eigenvalue weighted by Crippen LogP contribution is 2.25. The van der Waals surface area contributed by atoms with Gasteiger partial charge in [-0.2, -0.15) is 0 Å². The summed E-state index contributed by atoms with van der Waals surface area (Å²) in [5, 5.41) is 16.2. The number of hydrogen-bond acceptors (Lipinski definition) is 5. The number of hydrogen-bond donors (Lipinski definition) is 1. The Kier molecular flexibility index (Phi) is 4.54. The van der Waals surface area contributed by atoms with E-state index >= 15 is 0 Å². The zero-order valence-corrected chi connectivity index (χ0v) is 11.6. The predicted molar refractivity (Wildman–Crippen MR) is 62.8 cm³/mol. The van der Waals surface area contributed by atoms with Crippen LogP contribution in [-0.2, 0) is 11.8 Å². The third-order valence-corrected chi connectivity index (χ3v) is 3.54. The number of amides is 1. The zero-order chi connectivity index (χ0) is 16.4. The molecule has 2 rings (SSSR count). The molecule has 118 valence electrons. The molecule has 1 heterocycles. The summed E-state index contributed by atoms with van der Waals surface area (Å²) in [6.45, 7) is 0. The Hall–Kier alpha value is -2.30. The number of carbonyl (C=O) groups is 1. The van der Waals surface area contributed by atoms with Crippen LogP contribution >= 0.6 is 11.8 Å². The molecule has 1 N–H and O–H groups in total. The summed E-state index contributed by atoms with van der Waals surface area (Å²) in [6.07, 6.45) is 0. The molecule has 0 aliphatic rings. The summed E-state index contributed by atoms with van der Waals surface area (Å²) in [7, 11) is 1.38. The maximum absolute atomic E-state index is 13.4. The van der Waals surface area contributed by atoms with Crippen LogP contribution in [0.2, 0.25) is 0 Å². The van der Waals surface area contributed by atoms with Gasteiger partial charge in [0.15, 0.2) is 36.3 Å². The minimum absolute atomic E-state index is 0.0237. The van der Waals surface area contributed by atoms with E-state index in [2.05, 4.69) is 9.79 Å². The largest absolute Gasteiger partial charge is 0.538 e. The molecule has 6 nitrogen and oxygen atoms in total. The molecule has 1 aromatic carbocycles. The number of benzene rings is 1. The molecular formula is C11H7F4N3O3S. The average molecular weight is 337 g/mol. The molecule has 1 amide bonds. The monoisotopic (exact) mass is 337 g/mol. The van der Waals surface area contributed by atoms with Crippen LogP contribution in [0.1, 0.15) is 0 Å². The van der Waals surface area contributed by atoms with Gasteiger partial charge in [0.2, 0.25) is 5.91 Å². The summed E-state index contributed by atoms with van der Waals surface area (Å²) < 4.78 is 58.0. The van der Waals surface area contributed by atoms with Crippen molar-refractivity contribution in [3.63, 3.8) is 0 Å². The standard InChI is InChI=1S/C11H7F4N3O3S/c1-18-10(11(20)21-17-18)22-3-6(19)16-9-7(14)4(12)2-5(13)8(9)15/h2H,3H2,1H3,(H-,16,17,19,20). The van der Waals surface area contributed by atoms with E-state index in [-0.39, 0.29) is 11.1 Å². The first-order valence-corrected chi connectivity index (χ1v) is 6.58. The highest BCUT2D eigenvalue weighted by molar-refractivity contribution is 7.99. The third-order valence-electron chi connectivity index (χ3n) is 2.43. The normalized spacial score (nSPS) is 10.8. The predicted octanol–water partition coefficient (Wildman–Crippen LogP) is 0.860. The number of rotatable bonds is 4. The first kappa shape index (κ1) is 16.1. The number of thioether (sulfide) groups is 1. The quantitative estimate of drug-likeness (QED) is 0.387. The second-order valence-electron chi connectivity index (χ2n) is 3.97. The van der Waals surface area contributed by atoms with E-state index < -0.39 is 46.6 Å². The van der Waals surface area contributed by atoms with Crippen LogP contribution in [0.5, 0.6) is 5.95 Å². The van der Waals surface area contributed by atoms with Crippen molar-refractivity contribution in [3.05, 3.63) is 29.3 Å². The summed E-state index contributed by atoms with van der Waals surface area (Å²) in [5.41, 5.74) is -1.24. The smallest absolute Gasteiger partial charge is 0.291 e. The number of halogens is 4. The summed E-state index contributed by atoms with van der Waals surface area (Å²) in [4.78, 5) is 11.6. The average Bonchev–Trinajstić information content (AvgIpc) is 2.78. The summed E-state index contributed by atoms with van der Waals surface area (Å²) in [6, 6.07) is 0.0237. The molecule has 0 aliphatic carbocycles. The Bertz CT molecular complexity index is 692. The Morgan fingerprint density at radius 2 is 1.95 bits per heavy atom. The first-order valence-electron chi connectivity index (χ1n) is 5.60. The van der Waals surface area contributed by atoms with E-state index in [0.717, 1.165) is 4.68 Å². The second kappa shape index (κ2) is 6.22. The topological polar surface area (TPSA) is 82.1 Å². The lowest BCUT2D eigenvalue weighted by atomic mass is 10.2. The fraction of sp³-hybridized carbons (Fsp3) is 0.182. The number of aromatic nitrogens is 2. The Morgan fingerprint density at radius 1 is 1.36 bits per heavy atom. The molecule has 1 aromatic heterocycles. The molecule has 0 radical (unpaired) electrons. The Morgan fingerprint density at radius 3 is 2.45 bits per heavy atom. The van der Waals surface area contributed by atoms with E-state index in [1.54, 1.807) is 5.32 Å². The third kappa shape index (κ3) is 3.13. The summed E-state index contributed by atoms with van der Waals surface area (Å²) >= 11 is 0.678. The minimum Gasteiger partial charge on any atom is -0.538 e. The van der Waals surface area contributed by atoms with Crippen LogP contribution in [0.4, 0.5) is 23.2 Å². The molecule has 22 heavy (non-hydrogen) atoms. The maximum atomic E-state index is 13.4. The fourth-order valence-corrected chi connectivity index (χ4v) is 2.17. The van der Waals surface area contributed by atoms with Crippen LogP contribution in [0.3, 0.4) is 0 Å². The number of carbonyl (C=O) groups excluding carboxylic acids is 1. The number of aryl methyl sites for hydroxylation is 1. The van der Waals surface area contributed by atoms with Gasteiger partial charge in [-0.15, -0.1) is 0 Å². The lowest BCUT2D eigenvalue weighted by molar-refractivity contribution is -0.772. The summed E-state index contributed by atoms with van der Waals surface area (Å²) in [5.74, 6) is -8.97. The van der Waals surface area contributed by atoms with E-state index in [4.69, 9.17) is 0 Å². The molecule has 0 unspecified atom stereocenters. The van der Waals surface area contributed by atoms with Crippen molar-refractivity contribution in [1.82, 2.24) is 5.27 Å². The lowest BCUT2D eigenvalue weighted by Gasteiger charge is -2.08. The molecule has 0 spiro atoms. The molecule has 2 aromatic rings. The van der Waals surface area contributed by atoms with Crippen molar-refractivity contribution >= 4 is 23.4 Å². The number of nitrogens with one attached hydrogen (secondary N) is 1. The van der Waals surface area contributed by atoms with Crippen molar-refractivity contribution in [2.45, 2.75) is 5.03 Å². The van der Waals surface area contributed by atoms with Gasteiger partial charge in [0, 0.05) is 6.07 Å². The van der Waals surface area contributed by atoms with Gasteiger partial charge in [0.05, 0.1) is 11.0 Å². The molecule has 0 saturated heterocycles. The van der Waals surface area contributed by atoms with Gasteiger partial charge in [-0.25, -0.2) is 17.6 Å². The zero-order valence-electron chi connectivity index (χ0n) is 10.8. The van der Waals surface area contributed by atoms with Crippen LogP contribution in [0.25, 0.3) is 0 Å². The molecule has 0 saturated carbocycles. The molecule has 11 heteroatoms. The lowest BCUT2D eigenvalue weighted by Crippen LogP contribution is -2.32. The van der Waals surface area contributed by atoms with Crippen molar-refractivity contribution in [2.24, 2.45) is 7.05 Å². The van der Waals surface area contributed by atoms with Gasteiger partial charge < -0.3 is 14.9 Å². The van der Waals surface area contributed by atoms with E-state index in [1.165, 1.54) is 7.05 Å². The highest BCUT2D eigenvalue weighted by Gasteiger charge is 2.22. The van der Waals surface area contributed by atoms with Gasteiger partial charge in [-0.1, -0.05) is 4.68 Å². The minimum atomic E-state index is -1.72. The Balaban J connectivity index is 2.10. The van der Waals surface area contributed by atoms with E-state index in [9.17, 15) is 27.5 Å². The van der Waals surface area contributed by atoms with Gasteiger partial charge in [0.1, 0.15) is 5.69 Å². The second-order valence-corrected chi connectivity index (χ2v) is 4.93. The van der Waals surface area contributed by atoms with Gasteiger partial charge in [0.25, 0.3) is 5.03 Å². The SMILES string of the molecule is C[n+]1noc([O-])c1SCC(=O)Nc1c(F)c(F)cc(F)c1F. The molecule has 0 fully saturated rings. The van der Waals surface area contributed by atoms with Gasteiger partial charge >= 0.3 is 0 Å². The van der Waals surface area contributed by atoms with Crippen molar-refractivity contribution in [2.75, 3.05) is 11.1 Å². The van der Waals surface area contributed by atoms with Crippen LogP contribution in [0, 0.1) is 23.3 Å². The maximum Gasteiger partial charge on any atom is 0.291 e. The highest BCUT2D eigenvalue weighted by atomic mass is 32.2. The number of anilines is 1. The van der Waals surface area contributed by atoms with E-state index in [1.807, 2.05) is 0 Å². The molecule has 0 atom stereocenters.